The first-order valence-electron chi connectivity index (χ1n) is 10.7. The average Bonchev–Trinajstić information content (AvgIpc) is 3.52. The Kier molecular flexibility index (Phi) is 4.19. The van der Waals surface area contributed by atoms with Crippen LogP contribution in [0, 0.1) is 12.7 Å². The Balaban J connectivity index is 1.45. The summed E-state index contributed by atoms with van der Waals surface area (Å²) in [7, 11) is 0. The average molecular weight is 432 g/mol. The lowest BCUT2D eigenvalue weighted by atomic mass is 10.0. The molecule has 0 bridgehead atoms. The van der Waals surface area contributed by atoms with Crippen molar-refractivity contribution >= 4 is 22.5 Å². The van der Waals surface area contributed by atoms with Gasteiger partial charge in [0.15, 0.2) is 0 Å². The van der Waals surface area contributed by atoms with Gasteiger partial charge in [-0.25, -0.2) is 9.37 Å². The van der Waals surface area contributed by atoms with Crippen molar-refractivity contribution in [2.24, 2.45) is 0 Å². The van der Waals surface area contributed by atoms with Crippen LogP contribution in [0.4, 0.5) is 4.39 Å². The summed E-state index contributed by atoms with van der Waals surface area (Å²) >= 11 is 0. The summed E-state index contributed by atoms with van der Waals surface area (Å²) in [6, 6.07) is 8.57. The fourth-order valence-corrected chi connectivity index (χ4v) is 4.90. The number of rotatable bonds is 2. The topological polar surface area (TPSA) is 79.7 Å². The van der Waals surface area contributed by atoms with Crippen LogP contribution in [0.15, 0.2) is 41.3 Å². The van der Waals surface area contributed by atoms with Gasteiger partial charge in [0.25, 0.3) is 11.5 Å². The minimum Gasteiger partial charge on any atom is -0.381 e. The molecule has 32 heavy (non-hydrogen) atoms. The number of halogens is 1. The van der Waals surface area contributed by atoms with Crippen molar-refractivity contribution < 1.29 is 13.9 Å². The van der Waals surface area contributed by atoms with Gasteiger partial charge in [0, 0.05) is 36.7 Å². The molecule has 2 aromatic heterocycles. The Morgan fingerprint density at radius 2 is 2.12 bits per heavy atom. The SMILES string of the molecule is Cc1cc2c(cc1C(=O)N1Cc3cccc(F)c3C1)[nH]c(=O)c1cnc(C3CCOC3)n12. The first-order valence-corrected chi connectivity index (χ1v) is 10.7. The zero-order valence-corrected chi connectivity index (χ0v) is 17.5. The molecule has 1 saturated heterocycles. The molecule has 2 aromatic carbocycles. The van der Waals surface area contributed by atoms with E-state index in [1.54, 1.807) is 23.2 Å². The van der Waals surface area contributed by atoms with Gasteiger partial charge in [-0.1, -0.05) is 12.1 Å². The Labute approximate surface area is 182 Å². The molecule has 4 aromatic rings. The highest BCUT2D eigenvalue weighted by Crippen LogP contribution is 2.30. The van der Waals surface area contributed by atoms with Crippen LogP contribution in [0.1, 0.15) is 45.2 Å². The van der Waals surface area contributed by atoms with Crippen molar-refractivity contribution in [3.63, 3.8) is 0 Å². The summed E-state index contributed by atoms with van der Waals surface area (Å²) in [6.45, 7) is 3.74. The van der Waals surface area contributed by atoms with Crippen LogP contribution in [-0.4, -0.2) is 38.4 Å². The first-order chi connectivity index (χ1) is 15.5. The van der Waals surface area contributed by atoms with E-state index in [0.29, 0.717) is 41.9 Å². The third-order valence-electron chi connectivity index (χ3n) is 6.59. The smallest absolute Gasteiger partial charge is 0.274 e. The Bertz CT molecular complexity index is 1470. The van der Waals surface area contributed by atoms with Crippen molar-refractivity contribution in [1.29, 1.82) is 0 Å². The molecule has 0 saturated carbocycles. The summed E-state index contributed by atoms with van der Waals surface area (Å²) in [4.78, 5) is 35.1. The number of aryl methyl sites for hydroxylation is 1. The molecule has 7 nitrogen and oxygen atoms in total. The van der Waals surface area contributed by atoms with Gasteiger partial charge < -0.3 is 14.6 Å². The van der Waals surface area contributed by atoms with Gasteiger partial charge in [-0.3, -0.25) is 14.0 Å². The van der Waals surface area contributed by atoms with E-state index < -0.39 is 0 Å². The standard InChI is InChI=1S/C24H21FN4O3/c1-13-7-20-19(27-23(30)21-9-26-22(29(20)21)15-5-6-32-12-15)8-16(13)24(31)28-10-14-3-2-4-18(25)17(14)11-28/h2-4,7-9,15H,5-6,10-12H2,1H3,(H,27,30). The number of fused-ring (bicyclic) bond motifs is 4. The van der Waals surface area contributed by atoms with Gasteiger partial charge in [0.05, 0.1) is 23.8 Å². The molecule has 2 aliphatic rings. The van der Waals surface area contributed by atoms with Crippen LogP contribution in [0.2, 0.25) is 0 Å². The van der Waals surface area contributed by atoms with Gasteiger partial charge in [0.1, 0.15) is 17.2 Å². The molecule has 4 heterocycles. The molecule has 1 atom stereocenters. The fraction of sp³-hybridized carbons (Fsp3) is 0.292. The summed E-state index contributed by atoms with van der Waals surface area (Å²) in [5.41, 5.74) is 4.25. The quantitative estimate of drug-likeness (QED) is 0.527. The third-order valence-corrected chi connectivity index (χ3v) is 6.59. The highest BCUT2D eigenvalue weighted by atomic mass is 19.1. The van der Waals surface area contributed by atoms with Crippen molar-refractivity contribution in [2.45, 2.75) is 32.4 Å². The Hall–Kier alpha value is -3.52. The van der Waals surface area contributed by atoms with E-state index in [-0.39, 0.29) is 29.7 Å². The predicted octanol–water partition coefficient (Wildman–Crippen LogP) is 3.28. The van der Waals surface area contributed by atoms with Crippen LogP contribution < -0.4 is 5.56 Å². The summed E-state index contributed by atoms with van der Waals surface area (Å²) in [6.07, 6.45) is 2.45. The van der Waals surface area contributed by atoms with E-state index in [1.165, 1.54) is 6.07 Å². The van der Waals surface area contributed by atoms with Crippen LogP contribution in [0.5, 0.6) is 0 Å². The number of aromatic nitrogens is 3. The summed E-state index contributed by atoms with van der Waals surface area (Å²) < 4.78 is 21.6. The maximum Gasteiger partial charge on any atom is 0.274 e. The lowest BCUT2D eigenvalue weighted by Crippen LogP contribution is -2.26. The lowest BCUT2D eigenvalue weighted by molar-refractivity contribution is 0.0750. The van der Waals surface area contributed by atoms with Crippen molar-refractivity contribution in [2.75, 3.05) is 13.2 Å². The first kappa shape index (κ1) is 19.2. The number of H-pyrrole nitrogens is 1. The Morgan fingerprint density at radius 1 is 1.25 bits per heavy atom. The largest absolute Gasteiger partial charge is 0.381 e. The van der Waals surface area contributed by atoms with Gasteiger partial charge >= 0.3 is 0 Å². The van der Waals surface area contributed by atoms with Crippen LogP contribution in [0.3, 0.4) is 0 Å². The maximum absolute atomic E-state index is 14.2. The summed E-state index contributed by atoms with van der Waals surface area (Å²) in [5.74, 6) is 0.457. The lowest BCUT2D eigenvalue weighted by Gasteiger charge is -2.18. The molecule has 1 fully saturated rings. The van der Waals surface area contributed by atoms with E-state index in [1.807, 2.05) is 23.5 Å². The number of nitrogens with zero attached hydrogens (tertiary/aromatic N) is 3. The maximum atomic E-state index is 14.2. The second-order valence-electron chi connectivity index (χ2n) is 8.57. The summed E-state index contributed by atoms with van der Waals surface area (Å²) in [5, 5.41) is 0. The molecular weight excluding hydrogens is 411 g/mol. The molecule has 1 amide bonds. The number of aromatic amines is 1. The predicted molar refractivity (Wildman–Crippen MR) is 116 cm³/mol. The highest BCUT2D eigenvalue weighted by Gasteiger charge is 2.28. The number of hydrogen-bond acceptors (Lipinski definition) is 4. The molecule has 2 aliphatic heterocycles. The molecule has 1 N–H and O–H groups in total. The second kappa shape index (κ2) is 7.00. The van der Waals surface area contributed by atoms with E-state index >= 15 is 0 Å². The molecule has 0 radical (unpaired) electrons. The minimum atomic E-state index is -0.289. The number of hydrogen-bond donors (Lipinski definition) is 1. The molecule has 0 aliphatic carbocycles. The number of carbonyl (C=O) groups excluding carboxylic acids is 1. The van der Waals surface area contributed by atoms with Gasteiger partial charge in [-0.05, 0) is 42.7 Å². The second-order valence-corrected chi connectivity index (χ2v) is 8.57. The number of imidazole rings is 1. The van der Waals surface area contributed by atoms with Gasteiger partial charge in [-0.2, -0.15) is 0 Å². The van der Waals surface area contributed by atoms with Crippen molar-refractivity contribution in [3.05, 3.63) is 80.8 Å². The van der Waals surface area contributed by atoms with E-state index in [9.17, 15) is 14.0 Å². The molecule has 162 valence electrons. The molecule has 0 spiro atoms. The number of amides is 1. The third kappa shape index (κ3) is 2.79. The van der Waals surface area contributed by atoms with Crippen LogP contribution >= 0.6 is 0 Å². The number of carbonyl (C=O) groups is 1. The monoisotopic (exact) mass is 432 g/mol. The van der Waals surface area contributed by atoms with Crippen molar-refractivity contribution in [3.8, 4) is 0 Å². The molecule has 8 heteroatoms. The van der Waals surface area contributed by atoms with Gasteiger partial charge in [-0.15, -0.1) is 0 Å². The van der Waals surface area contributed by atoms with E-state index in [4.69, 9.17) is 4.74 Å². The van der Waals surface area contributed by atoms with Gasteiger partial charge in [0.2, 0.25) is 0 Å². The number of ether oxygens (including phenoxy) is 1. The van der Waals surface area contributed by atoms with Crippen LogP contribution in [0.25, 0.3) is 16.6 Å². The minimum absolute atomic E-state index is 0.127. The van der Waals surface area contributed by atoms with E-state index in [2.05, 4.69) is 9.97 Å². The van der Waals surface area contributed by atoms with Crippen LogP contribution in [-0.2, 0) is 17.8 Å². The van der Waals surface area contributed by atoms with Crippen molar-refractivity contribution in [1.82, 2.24) is 19.3 Å². The zero-order chi connectivity index (χ0) is 22.0. The molecular formula is C24H21FN4O3. The molecule has 6 rings (SSSR count). The molecule has 1 unspecified atom stereocenters. The fourth-order valence-electron chi connectivity index (χ4n) is 4.90. The highest BCUT2D eigenvalue weighted by molar-refractivity contribution is 5.99. The zero-order valence-electron chi connectivity index (χ0n) is 17.5. The normalized spacial score (nSPS) is 18.1. The Morgan fingerprint density at radius 3 is 2.91 bits per heavy atom. The number of benzene rings is 2. The number of nitrogens with one attached hydrogen (secondary N) is 1. The van der Waals surface area contributed by atoms with E-state index in [0.717, 1.165) is 28.9 Å².